The Balaban J connectivity index is 2.37. The van der Waals surface area contributed by atoms with Crippen molar-refractivity contribution in [1.82, 2.24) is 5.32 Å². The van der Waals surface area contributed by atoms with Crippen molar-refractivity contribution in [2.75, 3.05) is 13.7 Å². The lowest BCUT2D eigenvalue weighted by molar-refractivity contribution is -0.119. The van der Waals surface area contributed by atoms with Gasteiger partial charge in [0.05, 0.1) is 6.61 Å². The molecule has 1 aliphatic rings. The molecule has 0 saturated carbocycles. The normalized spacial score (nSPS) is 23.3. The van der Waals surface area contributed by atoms with Crippen LogP contribution in [0.2, 0.25) is 0 Å². The number of aliphatic imine (C=N–C) groups is 1. The Bertz CT molecular complexity index is 189. The SMILES string of the molecule is COCCC1=NC(C)C(=O)N1. The maximum absolute atomic E-state index is 10.9. The monoisotopic (exact) mass is 156 g/mol. The topological polar surface area (TPSA) is 50.7 Å². The molecule has 1 amide bonds. The lowest BCUT2D eigenvalue weighted by Crippen LogP contribution is -2.27. The summed E-state index contributed by atoms with van der Waals surface area (Å²) < 4.78 is 4.84. The van der Waals surface area contributed by atoms with Crippen molar-refractivity contribution >= 4 is 11.7 Å². The molecule has 0 radical (unpaired) electrons. The first kappa shape index (κ1) is 8.20. The van der Waals surface area contributed by atoms with E-state index in [1.54, 1.807) is 14.0 Å². The molecule has 1 rings (SSSR count). The fourth-order valence-corrected chi connectivity index (χ4v) is 0.897. The number of carbonyl (C=O) groups is 1. The molecule has 4 nitrogen and oxygen atoms in total. The van der Waals surface area contributed by atoms with Gasteiger partial charge in [-0.1, -0.05) is 0 Å². The van der Waals surface area contributed by atoms with E-state index in [0.29, 0.717) is 13.0 Å². The number of amides is 1. The third kappa shape index (κ3) is 2.01. The van der Waals surface area contributed by atoms with Gasteiger partial charge >= 0.3 is 0 Å². The zero-order valence-corrected chi connectivity index (χ0v) is 6.76. The van der Waals surface area contributed by atoms with Crippen molar-refractivity contribution in [2.24, 2.45) is 4.99 Å². The summed E-state index contributed by atoms with van der Waals surface area (Å²) in [5, 5.41) is 2.67. The molecule has 0 bridgehead atoms. The Kier molecular flexibility index (Phi) is 2.59. The first-order chi connectivity index (χ1) is 5.24. The summed E-state index contributed by atoms with van der Waals surface area (Å²) in [6.45, 7) is 2.38. The Labute approximate surface area is 65.6 Å². The summed E-state index contributed by atoms with van der Waals surface area (Å²) in [6.07, 6.45) is 0.687. The number of ether oxygens (including phenoxy) is 1. The van der Waals surface area contributed by atoms with E-state index in [9.17, 15) is 4.79 Å². The predicted molar refractivity (Wildman–Crippen MR) is 41.5 cm³/mol. The van der Waals surface area contributed by atoms with E-state index >= 15 is 0 Å². The minimum atomic E-state index is -0.221. The Morgan fingerprint density at radius 2 is 2.45 bits per heavy atom. The average Bonchev–Trinajstić information content (AvgIpc) is 2.28. The molecule has 0 aromatic carbocycles. The quantitative estimate of drug-likeness (QED) is 0.622. The molecular formula is C7H12N2O2. The second-order valence-corrected chi connectivity index (χ2v) is 2.48. The van der Waals surface area contributed by atoms with E-state index < -0.39 is 0 Å². The number of rotatable bonds is 3. The Morgan fingerprint density at radius 1 is 1.73 bits per heavy atom. The molecule has 0 saturated heterocycles. The maximum atomic E-state index is 10.9. The van der Waals surface area contributed by atoms with Crippen molar-refractivity contribution in [3.8, 4) is 0 Å². The average molecular weight is 156 g/mol. The van der Waals surface area contributed by atoms with Crippen LogP contribution in [0.25, 0.3) is 0 Å². The molecule has 1 aliphatic heterocycles. The van der Waals surface area contributed by atoms with Gasteiger partial charge in [-0.15, -0.1) is 0 Å². The molecule has 11 heavy (non-hydrogen) atoms. The van der Waals surface area contributed by atoms with Crippen LogP contribution in [0.4, 0.5) is 0 Å². The fraction of sp³-hybridized carbons (Fsp3) is 0.714. The fourth-order valence-electron chi connectivity index (χ4n) is 0.897. The minimum Gasteiger partial charge on any atom is -0.384 e. The molecule has 62 valence electrons. The van der Waals surface area contributed by atoms with Crippen LogP contribution in [0.1, 0.15) is 13.3 Å². The van der Waals surface area contributed by atoms with Crippen molar-refractivity contribution in [3.05, 3.63) is 0 Å². The van der Waals surface area contributed by atoms with Crippen molar-refractivity contribution < 1.29 is 9.53 Å². The summed E-state index contributed by atoms with van der Waals surface area (Å²) in [5.74, 6) is 0.723. The highest BCUT2D eigenvalue weighted by atomic mass is 16.5. The zero-order chi connectivity index (χ0) is 8.27. The first-order valence-electron chi connectivity index (χ1n) is 3.60. The lowest BCUT2D eigenvalue weighted by atomic mass is 10.4. The van der Waals surface area contributed by atoms with E-state index in [1.165, 1.54) is 0 Å². The number of methoxy groups -OCH3 is 1. The van der Waals surface area contributed by atoms with Gasteiger partial charge in [0.2, 0.25) is 5.91 Å². The molecule has 0 aromatic heterocycles. The largest absolute Gasteiger partial charge is 0.384 e. The highest BCUT2D eigenvalue weighted by Crippen LogP contribution is 2.00. The standard InChI is InChI=1S/C7H12N2O2/c1-5-7(10)9-6(8-5)3-4-11-2/h5H,3-4H2,1-2H3,(H,8,9,10). The summed E-state index contributed by atoms with van der Waals surface area (Å²) in [5.41, 5.74) is 0. The molecule has 0 aliphatic carbocycles. The van der Waals surface area contributed by atoms with E-state index in [-0.39, 0.29) is 11.9 Å². The molecule has 1 unspecified atom stereocenters. The van der Waals surface area contributed by atoms with E-state index in [1.807, 2.05) is 0 Å². The van der Waals surface area contributed by atoms with Crippen molar-refractivity contribution in [3.63, 3.8) is 0 Å². The zero-order valence-electron chi connectivity index (χ0n) is 6.76. The third-order valence-electron chi connectivity index (χ3n) is 1.54. The van der Waals surface area contributed by atoms with Crippen LogP contribution in [0.5, 0.6) is 0 Å². The summed E-state index contributed by atoms with van der Waals surface area (Å²) in [7, 11) is 1.63. The smallest absolute Gasteiger partial charge is 0.249 e. The Morgan fingerprint density at radius 3 is 2.91 bits per heavy atom. The molecule has 0 spiro atoms. The van der Waals surface area contributed by atoms with Crippen LogP contribution < -0.4 is 5.32 Å². The van der Waals surface area contributed by atoms with Crippen LogP contribution in [-0.4, -0.2) is 31.5 Å². The lowest BCUT2D eigenvalue weighted by Gasteiger charge is -1.97. The molecule has 1 N–H and O–H groups in total. The second kappa shape index (κ2) is 3.48. The van der Waals surface area contributed by atoms with E-state index in [2.05, 4.69) is 10.3 Å². The van der Waals surface area contributed by atoms with Gasteiger partial charge in [0.1, 0.15) is 11.9 Å². The van der Waals surface area contributed by atoms with Gasteiger partial charge in [-0.05, 0) is 6.92 Å². The molecular weight excluding hydrogens is 144 g/mol. The van der Waals surface area contributed by atoms with Crippen LogP contribution in [0, 0.1) is 0 Å². The highest BCUT2D eigenvalue weighted by molar-refractivity contribution is 6.05. The minimum absolute atomic E-state index is 0.0175. The van der Waals surface area contributed by atoms with Crippen molar-refractivity contribution in [2.45, 2.75) is 19.4 Å². The van der Waals surface area contributed by atoms with Crippen LogP contribution in [0.3, 0.4) is 0 Å². The van der Waals surface area contributed by atoms with Gasteiger partial charge in [-0.2, -0.15) is 0 Å². The number of carbonyl (C=O) groups excluding carboxylic acids is 1. The number of nitrogens with zero attached hydrogens (tertiary/aromatic N) is 1. The van der Waals surface area contributed by atoms with Crippen LogP contribution in [0.15, 0.2) is 4.99 Å². The Hall–Kier alpha value is -0.900. The van der Waals surface area contributed by atoms with Crippen LogP contribution in [-0.2, 0) is 9.53 Å². The van der Waals surface area contributed by atoms with Gasteiger partial charge in [0.25, 0.3) is 0 Å². The first-order valence-corrected chi connectivity index (χ1v) is 3.60. The van der Waals surface area contributed by atoms with Gasteiger partial charge in [0.15, 0.2) is 0 Å². The van der Waals surface area contributed by atoms with E-state index in [4.69, 9.17) is 4.74 Å². The number of nitrogens with one attached hydrogen (secondary N) is 1. The predicted octanol–water partition coefficient (Wildman–Crippen LogP) is -0.0603. The molecule has 0 fully saturated rings. The number of hydrogen-bond acceptors (Lipinski definition) is 3. The summed E-state index contributed by atoms with van der Waals surface area (Å²) in [6, 6.07) is -0.221. The summed E-state index contributed by atoms with van der Waals surface area (Å²) in [4.78, 5) is 15.0. The highest BCUT2D eigenvalue weighted by Gasteiger charge is 2.20. The van der Waals surface area contributed by atoms with Gasteiger partial charge in [0, 0.05) is 13.5 Å². The number of amidine groups is 1. The summed E-state index contributed by atoms with van der Waals surface area (Å²) >= 11 is 0. The van der Waals surface area contributed by atoms with Gasteiger partial charge in [-0.3, -0.25) is 9.79 Å². The van der Waals surface area contributed by atoms with Crippen LogP contribution >= 0.6 is 0 Å². The van der Waals surface area contributed by atoms with Gasteiger partial charge in [-0.25, -0.2) is 0 Å². The molecule has 1 atom stereocenters. The van der Waals surface area contributed by atoms with Gasteiger partial charge < -0.3 is 10.1 Å². The number of hydrogen-bond donors (Lipinski definition) is 1. The van der Waals surface area contributed by atoms with E-state index in [0.717, 1.165) is 5.84 Å². The van der Waals surface area contributed by atoms with Crippen molar-refractivity contribution in [1.29, 1.82) is 0 Å². The molecule has 0 aromatic rings. The maximum Gasteiger partial charge on any atom is 0.249 e. The third-order valence-corrected chi connectivity index (χ3v) is 1.54. The molecule has 4 heteroatoms. The second-order valence-electron chi connectivity index (χ2n) is 2.48. The molecule has 1 heterocycles.